The summed E-state index contributed by atoms with van der Waals surface area (Å²) in [5, 5.41) is 3.28. The van der Waals surface area contributed by atoms with Crippen LogP contribution < -0.4 is 10.0 Å². The maximum absolute atomic E-state index is 12.3. The Morgan fingerprint density at radius 2 is 2.05 bits per heavy atom. The second-order valence-corrected chi connectivity index (χ2v) is 8.26. The van der Waals surface area contributed by atoms with Gasteiger partial charge in [0.1, 0.15) is 0 Å². The highest BCUT2D eigenvalue weighted by Crippen LogP contribution is 2.23. The van der Waals surface area contributed by atoms with Gasteiger partial charge < -0.3 is 5.32 Å². The van der Waals surface area contributed by atoms with Crippen molar-refractivity contribution in [1.82, 2.24) is 10.0 Å². The Hall–Kier alpha value is -0.0800. The van der Waals surface area contributed by atoms with Crippen molar-refractivity contribution in [1.29, 1.82) is 0 Å². The van der Waals surface area contributed by atoms with Crippen LogP contribution in [0.2, 0.25) is 0 Å². The third kappa shape index (κ3) is 6.69. The molecule has 21 heavy (non-hydrogen) atoms. The van der Waals surface area contributed by atoms with Crippen molar-refractivity contribution in [2.75, 3.05) is 25.1 Å². The summed E-state index contributed by atoms with van der Waals surface area (Å²) in [6.07, 6.45) is 3.90. The molecule has 0 aliphatic carbocycles. The third-order valence-electron chi connectivity index (χ3n) is 2.86. The fraction of sp³-hybridized carbons (Fsp3) is 0.571. The minimum Gasteiger partial charge on any atom is -0.313 e. The summed E-state index contributed by atoms with van der Waals surface area (Å²) in [6.45, 7) is 4.16. The third-order valence-corrected chi connectivity index (χ3v) is 6.01. The molecule has 1 aromatic carbocycles. The predicted octanol–water partition coefficient (Wildman–Crippen LogP) is 2.98. The van der Waals surface area contributed by atoms with Crippen molar-refractivity contribution in [3.63, 3.8) is 0 Å². The maximum atomic E-state index is 12.3. The van der Waals surface area contributed by atoms with Gasteiger partial charge in [-0.1, -0.05) is 13.0 Å². The van der Waals surface area contributed by atoms with E-state index in [-0.39, 0.29) is 0 Å². The smallest absolute Gasteiger partial charge is 0.241 e. The molecule has 0 unspecified atom stereocenters. The van der Waals surface area contributed by atoms with E-state index in [4.69, 9.17) is 0 Å². The van der Waals surface area contributed by atoms with E-state index in [2.05, 4.69) is 32.9 Å². The van der Waals surface area contributed by atoms with Crippen LogP contribution in [0.3, 0.4) is 0 Å². The molecule has 0 heterocycles. The zero-order valence-corrected chi connectivity index (χ0v) is 15.7. The van der Waals surface area contributed by atoms with E-state index in [9.17, 15) is 8.42 Å². The summed E-state index contributed by atoms with van der Waals surface area (Å²) in [5.74, 6) is 0.949. The van der Waals surface area contributed by atoms with Gasteiger partial charge in [0.05, 0.1) is 4.90 Å². The molecule has 4 nitrogen and oxygen atoms in total. The predicted molar refractivity (Wildman–Crippen MR) is 94.3 cm³/mol. The van der Waals surface area contributed by atoms with Gasteiger partial charge in [-0.3, -0.25) is 0 Å². The van der Waals surface area contributed by atoms with E-state index in [1.54, 1.807) is 23.9 Å². The lowest BCUT2D eigenvalue weighted by Crippen LogP contribution is -2.25. The highest BCUT2D eigenvalue weighted by atomic mass is 79.9. The zero-order valence-electron chi connectivity index (χ0n) is 12.5. The molecule has 7 heteroatoms. The van der Waals surface area contributed by atoms with E-state index in [1.807, 2.05) is 12.3 Å². The molecule has 0 fully saturated rings. The first-order chi connectivity index (χ1) is 10.0. The molecule has 0 aliphatic rings. The summed E-state index contributed by atoms with van der Waals surface area (Å²) in [7, 11) is -3.46. The number of sulfonamides is 1. The number of nitrogens with one attached hydrogen (secondary N) is 2. The molecule has 0 saturated carbocycles. The van der Waals surface area contributed by atoms with Crippen LogP contribution in [0, 0.1) is 0 Å². The first-order valence-corrected chi connectivity index (χ1v) is 10.7. The summed E-state index contributed by atoms with van der Waals surface area (Å²) < 4.78 is 27.9. The Morgan fingerprint density at radius 1 is 1.29 bits per heavy atom. The number of benzene rings is 1. The van der Waals surface area contributed by atoms with Crippen molar-refractivity contribution >= 4 is 37.7 Å². The summed E-state index contributed by atoms with van der Waals surface area (Å²) in [4.78, 5) is 0.308. The second-order valence-electron chi connectivity index (χ2n) is 4.69. The quantitative estimate of drug-likeness (QED) is 0.598. The molecule has 0 bridgehead atoms. The van der Waals surface area contributed by atoms with E-state index in [0.29, 0.717) is 22.5 Å². The van der Waals surface area contributed by atoms with Gasteiger partial charge in [-0.05, 0) is 65.0 Å². The first kappa shape index (κ1) is 19.0. The Balaban J connectivity index is 2.77. The molecule has 0 aromatic heterocycles. The average Bonchev–Trinajstić information content (AvgIpc) is 2.45. The molecule has 0 spiro atoms. The summed E-state index contributed by atoms with van der Waals surface area (Å²) in [6, 6.07) is 5.45. The number of thioether (sulfide) groups is 1. The van der Waals surface area contributed by atoms with Crippen LogP contribution >= 0.6 is 27.7 Å². The average molecular weight is 395 g/mol. The van der Waals surface area contributed by atoms with Gasteiger partial charge in [0.2, 0.25) is 10.0 Å². The molecule has 120 valence electrons. The van der Waals surface area contributed by atoms with Crippen molar-refractivity contribution in [3.05, 3.63) is 28.2 Å². The van der Waals surface area contributed by atoms with E-state index in [1.165, 1.54) is 0 Å². The van der Waals surface area contributed by atoms with Crippen LogP contribution in [0.15, 0.2) is 27.6 Å². The maximum Gasteiger partial charge on any atom is 0.241 e. The molecule has 1 aromatic rings. The minimum absolute atomic E-state index is 0.308. The van der Waals surface area contributed by atoms with Crippen molar-refractivity contribution in [2.45, 2.75) is 31.2 Å². The van der Waals surface area contributed by atoms with Crippen LogP contribution in [-0.2, 0) is 16.6 Å². The van der Waals surface area contributed by atoms with E-state index >= 15 is 0 Å². The van der Waals surface area contributed by atoms with Gasteiger partial charge in [0.25, 0.3) is 0 Å². The van der Waals surface area contributed by atoms with Crippen molar-refractivity contribution in [3.8, 4) is 0 Å². The highest BCUT2D eigenvalue weighted by Gasteiger charge is 2.17. The SMILES string of the molecule is CCCNCc1ccc(Br)c(S(=O)(=O)NCCCSC)c1. The molecule has 0 aliphatic heterocycles. The minimum atomic E-state index is -3.46. The Morgan fingerprint density at radius 3 is 2.71 bits per heavy atom. The van der Waals surface area contributed by atoms with Gasteiger partial charge in [-0.25, -0.2) is 13.1 Å². The van der Waals surface area contributed by atoms with Gasteiger partial charge in [-0.15, -0.1) is 0 Å². The van der Waals surface area contributed by atoms with Gasteiger partial charge in [0.15, 0.2) is 0 Å². The first-order valence-electron chi connectivity index (χ1n) is 6.99. The van der Waals surface area contributed by atoms with Crippen LogP contribution in [0.4, 0.5) is 0 Å². The molecule has 1 rings (SSSR count). The van der Waals surface area contributed by atoms with Crippen LogP contribution in [-0.4, -0.2) is 33.5 Å². The fourth-order valence-corrected chi connectivity index (χ4v) is 4.29. The number of hydrogen-bond acceptors (Lipinski definition) is 4. The molecule has 0 amide bonds. The second kappa shape index (κ2) is 9.84. The molecule has 0 radical (unpaired) electrons. The van der Waals surface area contributed by atoms with E-state index < -0.39 is 10.0 Å². The van der Waals surface area contributed by atoms with E-state index in [0.717, 1.165) is 30.7 Å². The Labute approximate surface area is 140 Å². The standard InChI is InChI=1S/C14H23BrN2O2S2/c1-3-7-16-11-12-5-6-13(15)14(10-12)21(18,19)17-8-4-9-20-2/h5-6,10,16-17H,3-4,7-9,11H2,1-2H3. The normalized spacial score (nSPS) is 11.8. The molecular formula is C14H23BrN2O2S2. The van der Waals surface area contributed by atoms with Gasteiger partial charge >= 0.3 is 0 Å². The highest BCUT2D eigenvalue weighted by molar-refractivity contribution is 9.10. The lowest BCUT2D eigenvalue weighted by molar-refractivity contribution is 0.580. The topological polar surface area (TPSA) is 58.2 Å². The molecule has 0 atom stereocenters. The Kier molecular flexibility index (Phi) is 8.89. The molecule has 0 saturated heterocycles. The van der Waals surface area contributed by atoms with Crippen molar-refractivity contribution in [2.24, 2.45) is 0 Å². The monoisotopic (exact) mass is 394 g/mol. The largest absolute Gasteiger partial charge is 0.313 e. The molecular weight excluding hydrogens is 372 g/mol. The number of hydrogen-bond donors (Lipinski definition) is 2. The number of halogens is 1. The lowest BCUT2D eigenvalue weighted by Gasteiger charge is -2.11. The number of rotatable bonds is 10. The molecule has 2 N–H and O–H groups in total. The van der Waals surface area contributed by atoms with Gasteiger partial charge in [0, 0.05) is 17.6 Å². The van der Waals surface area contributed by atoms with Gasteiger partial charge in [-0.2, -0.15) is 11.8 Å². The summed E-state index contributed by atoms with van der Waals surface area (Å²) in [5.41, 5.74) is 0.969. The van der Waals surface area contributed by atoms with Crippen LogP contribution in [0.1, 0.15) is 25.3 Å². The van der Waals surface area contributed by atoms with Crippen molar-refractivity contribution < 1.29 is 8.42 Å². The lowest BCUT2D eigenvalue weighted by atomic mass is 10.2. The zero-order chi connectivity index (χ0) is 15.7. The van der Waals surface area contributed by atoms with Crippen LogP contribution in [0.25, 0.3) is 0 Å². The summed E-state index contributed by atoms with van der Waals surface area (Å²) >= 11 is 5.04. The fourth-order valence-electron chi connectivity index (χ4n) is 1.77. The van der Waals surface area contributed by atoms with Crippen LogP contribution in [0.5, 0.6) is 0 Å². The Bertz CT molecular complexity index is 536.